The van der Waals surface area contributed by atoms with Gasteiger partial charge in [-0.05, 0) is 44.9 Å². The Morgan fingerprint density at radius 2 is 2.04 bits per heavy atom. The molecule has 1 aromatic carbocycles. The van der Waals surface area contributed by atoms with Crippen molar-refractivity contribution in [2.45, 2.75) is 58.2 Å². The van der Waals surface area contributed by atoms with Gasteiger partial charge in [-0.25, -0.2) is 18.4 Å². The number of piperidine rings is 1. The van der Waals surface area contributed by atoms with Gasteiger partial charge in [0.05, 0.1) is 11.5 Å². The van der Waals surface area contributed by atoms with Gasteiger partial charge in [0.1, 0.15) is 12.2 Å². The van der Waals surface area contributed by atoms with Crippen molar-refractivity contribution >= 4 is 12.1 Å². The number of nitrogens with zero attached hydrogens (tertiary/aromatic N) is 1. The number of esters is 1. The van der Waals surface area contributed by atoms with E-state index in [1.54, 1.807) is 33.8 Å². The van der Waals surface area contributed by atoms with Crippen LogP contribution >= 0.6 is 0 Å². The van der Waals surface area contributed by atoms with E-state index in [-0.39, 0.29) is 19.7 Å². The standard InChI is InChI=1S/C19H23F2NO4/c1-11-12(5-6-13-14(11)10-25-16(13)23)15-9-22(8-7-19(15,20)21)17(24)26-18(2,3)4/h5-6,15H,7-10H2,1-4H3. The molecule has 26 heavy (non-hydrogen) atoms. The summed E-state index contributed by atoms with van der Waals surface area (Å²) in [5.41, 5.74) is 1.46. The Hall–Kier alpha value is -2.18. The minimum Gasteiger partial charge on any atom is -0.457 e. The van der Waals surface area contributed by atoms with Crippen LogP contribution in [0.2, 0.25) is 0 Å². The van der Waals surface area contributed by atoms with Gasteiger partial charge in [0.2, 0.25) is 0 Å². The van der Waals surface area contributed by atoms with Gasteiger partial charge in [0, 0.05) is 25.1 Å². The van der Waals surface area contributed by atoms with Crippen LogP contribution in [-0.2, 0) is 16.1 Å². The second-order valence-electron chi connectivity index (χ2n) is 7.87. The number of amides is 1. The van der Waals surface area contributed by atoms with Gasteiger partial charge in [-0.1, -0.05) is 6.07 Å². The van der Waals surface area contributed by atoms with Crippen molar-refractivity contribution < 1.29 is 27.8 Å². The molecule has 7 heteroatoms. The van der Waals surface area contributed by atoms with Crippen molar-refractivity contribution in [3.8, 4) is 0 Å². The minimum absolute atomic E-state index is 0.0516. The van der Waals surface area contributed by atoms with Crippen molar-refractivity contribution in [2.24, 2.45) is 0 Å². The molecule has 0 saturated carbocycles. The summed E-state index contributed by atoms with van der Waals surface area (Å²) in [6.45, 7) is 6.86. The number of carbonyl (C=O) groups is 2. The molecule has 0 bridgehead atoms. The van der Waals surface area contributed by atoms with Crippen LogP contribution in [-0.4, -0.2) is 41.6 Å². The van der Waals surface area contributed by atoms with Gasteiger partial charge >= 0.3 is 12.1 Å². The Labute approximate surface area is 151 Å². The van der Waals surface area contributed by atoms with Crippen LogP contribution in [0.3, 0.4) is 0 Å². The maximum atomic E-state index is 14.7. The molecule has 2 heterocycles. The highest BCUT2D eigenvalue weighted by molar-refractivity contribution is 5.94. The molecule has 142 valence electrons. The number of rotatable bonds is 1. The predicted molar refractivity (Wildman–Crippen MR) is 90.4 cm³/mol. The Balaban J connectivity index is 1.90. The molecule has 1 fully saturated rings. The molecule has 3 rings (SSSR count). The van der Waals surface area contributed by atoms with E-state index in [0.717, 1.165) is 0 Å². The number of likely N-dealkylation sites (tertiary alicyclic amines) is 1. The van der Waals surface area contributed by atoms with Gasteiger partial charge in [-0.2, -0.15) is 0 Å². The minimum atomic E-state index is -2.94. The molecule has 1 unspecified atom stereocenters. The number of cyclic esters (lactones) is 1. The summed E-state index contributed by atoms with van der Waals surface area (Å²) in [5.74, 6) is -4.52. The zero-order valence-corrected chi connectivity index (χ0v) is 15.4. The van der Waals surface area contributed by atoms with E-state index in [2.05, 4.69) is 0 Å². The fourth-order valence-corrected chi connectivity index (χ4v) is 3.47. The molecular formula is C19H23F2NO4. The summed E-state index contributed by atoms with van der Waals surface area (Å²) in [5, 5.41) is 0. The van der Waals surface area contributed by atoms with Crippen molar-refractivity contribution in [1.29, 1.82) is 0 Å². The van der Waals surface area contributed by atoms with Gasteiger partial charge in [-0.15, -0.1) is 0 Å². The predicted octanol–water partition coefficient (Wildman–Crippen LogP) is 4.03. The summed E-state index contributed by atoms with van der Waals surface area (Å²) < 4.78 is 39.6. The van der Waals surface area contributed by atoms with E-state index in [1.807, 2.05) is 0 Å². The van der Waals surface area contributed by atoms with E-state index in [1.165, 1.54) is 11.0 Å². The Morgan fingerprint density at radius 3 is 2.69 bits per heavy atom. The van der Waals surface area contributed by atoms with Crippen LogP contribution in [0.25, 0.3) is 0 Å². The summed E-state index contributed by atoms with van der Waals surface area (Å²) in [4.78, 5) is 25.3. The number of halogens is 2. The summed E-state index contributed by atoms with van der Waals surface area (Å²) in [6, 6.07) is 3.09. The van der Waals surface area contributed by atoms with E-state index in [9.17, 15) is 18.4 Å². The molecule has 2 aliphatic rings. The first kappa shape index (κ1) is 18.6. The van der Waals surface area contributed by atoms with E-state index in [4.69, 9.17) is 9.47 Å². The quantitative estimate of drug-likeness (QED) is 0.704. The zero-order valence-electron chi connectivity index (χ0n) is 15.4. The van der Waals surface area contributed by atoms with E-state index < -0.39 is 35.9 Å². The molecular weight excluding hydrogens is 344 g/mol. The van der Waals surface area contributed by atoms with Crippen LogP contribution < -0.4 is 0 Å². The lowest BCUT2D eigenvalue weighted by molar-refractivity contribution is -0.0772. The van der Waals surface area contributed by atoms with Crippen molar-refractivity contribution in [3.63, 3.8) is 0 Å². The molecule has 0 radical (unpaired) electrons. The normalized spacial score (nSPS) is 22.0. The average Bonchev–Trinajstić information content (AvgIpc) is 2.88. The molecule has 5 nitrogen and oxygen atoms in total. The number of fused-ring (bicyclic) bond motifs is 1. The molecule has 1 amide bonds. The highest BCUT2D eigenvalue weighted by atomic mass is 19.3. The summed E-state index contributed by atoms with van der Waals surface area (Å²) >= 11 is 0. The number of alkyl halides is 2. The molecule has 1 aromatic rings. The van der Waals surface area contributed by atoms with Crippen molar-refractivity contribution in [3.05, 3.63) is 34.4 Å². The fourth-order valence-electron chi connectivity index (χ4n) is 3.47. The molecule has 2 aliphatic heterocycles. The van der Waals surface area contributed by atoms with Gasteiger partial charge in [-0.3, -0.25) is 0 Å². The first-order valence-corrected chi connectivity index (χ1v) is 8.65. The van der Waals surface area contributed by atoms with Crippen molar-refractivity contribution in [1.82, 2.24) is 4.90 Å². The smallest absolute Gasteiger partial charge is 0.410 e. The first-order valence-electron chi connectivity index (χ1n) is 8.65. The van der Waals surface area contributed by atoms with Gasteiger partial charge in [0.15, 0.2) is 0 Å². The lowest BCUT2D eigenvalue weighted by Gasteiger charge is -2.39. The number of carbonyl (C=O) groups excluding carboxylic acids is 2. The fraction of sp³-hybridized carbons (Fsp3) is 0.579. The second-order valence-corrected chi connectivity index (χ2v) is 7.87. The van der Waals surface area contributed by atoms with E-state index >= 15 is 0 Å². The molecule has 1 atom stereocenters. The Kier molecular flexibility index (Phi) is 4.45. The average molecular weight is 367 g/mol. The number of hydrogen-bond acceptors (Lipinski definition) is 4. The first-order chi connectivity index (χ1) is 12.0. The summed E-state index contributed by atoms with van der Waals surface area (Å²) in [7, 11) is 0. The van der Waals surface area contributed by atoms with Crippen LogP contribution in [0.4, 0.5) is 13.6 Å². The monoisotopic (exact) mass is 367 g/mol. The largest absolute Gasteiger partial charge is 0.457 e. The maximum absolute atomic E-state index is 14.7. The van der Waals surface area contributed by atoms with Crippen LogP contribution in [0.1, 0.15) is 60.2 Å². The van der Waals surface area contributed by atoms with Crippen LogP contribution in [0.5, 0.6) is 0 Å². The second kappa shape index (κ2) is 6.21. The number of ether oxygens (including phenoxy) is 2. The van der Waals surface area contributed by atoms with Gasteiger partial charge in [0.25, 0.3) is 5.92 Å². The Bertz CT molecular complexity index is 755. The molecule has 1 saturated heterocycles. The SMILES string of the molecule is Cc1c(C2CN(C(=O)OC(C)(C)C)CCC2(F)F)ccc2c1COC2=O. The number of hydrogen-bond donors (Lipinski definition) is 0. The van der Waals surface area contributed by atoms with Crippen LogP contribution in [0.15, 0.2) is 12.1 Å². The molecule has 0 spiro atoms. The third kappa shape index (κ3) is 3.39. The molecule has 0 aromatic heterocycles. The molecule has 0 N–H and O–H groups in total. The summed E-state index contributed by atoms with van der Waals surface area (Å²) in [6.07, 6.45) is -1.02. The maximum Gasteiger partial charge on any atom is 0.410 e. The topological polar surface area (TPSA) is 55.8 Å². The van der Waals surface area contributed by atoms with E-state index in [0.29, 0.717) is 22.3 Å². The van der Waals surface area contributed by atoms with Crippen LogP contribution in [0, 0.1) is 6.92 Å². The van der Waals surface area contributed by atoms with Crippen molar-refractivity contribution in [2.75, 3.05) is 13.1 Å². The zero-order chi connectivity index (χ0) is 19.3. The molecule has 0 aliphatic carbocycles. The lowest BCUT2D eigenvalue weighted by atomic mass is 9.83. The van der Waals surface area contributed by atoms with Gasteiger partial charge < -0.3 is 14.4 Å². The third-order valence-electron chi connectivity index (χ3n) is 4.86. The third-order valence-corrected chi connectivity index (χ3v) is 4.86. The Morgan fingerprint density at radius 1 is 1.35 bits per heavy atom. The highest BCUT2D eigenvalue weighted by Crippen LogP contribution is 2.43. The highest BCUT2D eigenvalue weighted by Gasteiger charge is 2.47. The number of benzene rings is 1. The lowest BCUT2D eigenvalue weighted by Crippen LogP contribution is -2.49.